The second-order valence-corrected chi connectivity index (χ2v) is 19.9. The highest BCUT2D eigenvalue weighted by Crippen LogP contribution is 2.16. The average molecular weight is 976 g/mol. The number of hydrogen-bond donors (Lipinski definition) is 0. The maximum Gasteiger partial charge on any atom is 0.306 e. The van der Waals surface area contributed by atoms with Crippen LogP contribution >= 0.6 is 0 Å². The molecule has 5 nitrogen and oxygen atoms in total. The number of rotatable bonds is 55. The Hall–Kier alpha value is -2.92. The van der Waals surface area contributed by atoms with Crippen LogP contribution in [0.25, 0.3) is 0 Å². The lowest BCUT2D eigenvalue weighted by molar-refractivity contribution is -0.162. The summed E-state index contributed by atoms with van der Waals surface area (Å²) in [5.74, 6) is -0.486. The first-order chi connectivity index (χ1) is 34.6. The summed E-state index contributed by atoms with van der Waals surface area (Å²) in [5, 5.41) is 0. The summed E-state index contributed by atoms with van der Waals surface area (Å²) < 4.78 is 17.4. The van der Waals surface area contributed by atoms with Gasteiger partial charge >= 0.3 is 11.9 Å². The van der Waals surface area contributed by atoms with E-state index >= 15 is 0 Å². The third kappa shape index (κ3) is 57.7. The summed E-state index contributed by atoms with van der Waals surface area (Å²) in [5.41, 5.74) is 0. The Morgan fingerprint density at radius 2 is 0.671 bits per heavy atom. The molecule has 0 aromatic rings. The Morgan fingerprint density at radius 3 is 1.09 bits per heavy atom. The van der Waals surface area contributed by atoms with Crippen molar-refractivity contribution in [3.8, 4) is 0 Å². The van der Waals surface area contributed by atoms with Gasteiger partial charge in [-0.15, -0.1) is 0 Å². The zero-order valence-electron chi connectivity index (χ0n) is 46.5. The fourth-order valence-corrected chi connectivity index (χ4v) is 8.47. The van der Waals surface area contributed by atoms with Gasteiger partial charge < -0.3 is 14.2 Å². The minimum absolute atomic E-state index is 0.0539. The molecule has 5 heteroatoms. The molecule has 70 heavy (non-hydrogen) atoms. The molecule has 0 aliphatic carbocycles. The molecule has 0 aliphatic heterocycles. The predicted molar refractivity (Wildman–Crippen MR) is 307 cm³/mol. The van der Waals surface area contributed by atoms with Crippen LogP contribution in [0, 0.1) is 0 Å². The van der Waals surface area contributed by atoms with Crippen molar-refractivity contribution in [1.82, 2.24) is 0 Å². The van der Waals surface area contributed by atoms with Gasteiger partial charge in [-0.25, -0.2) is 0 Å². The fraction of sp³-hybridized carbons (Fsp3) is 0.754. The summed E-state index contributed by atoms with van der Waals surface area (Å²) >= 11 is 0. The van der Waals surface area contributed by atoms with Gasteiger partial charge in [-0.1, -0.05) is 279 Å². The maximum atomic E-state index is 12.8. The highest BCUT2D eigenvalue weighted by molar-refractivity contribution is 5.70. The summed E-state index contributed by atoms with van der Waals surface area (Å²) in [6, 6.07) is 0. The maximum absolute atomic E-state index is 12.8. The Bertz CT molecular complexity index is 1290. The summed E-state index contributed by atoms with van der Waals surface area (Å²) in [7, 11) is 0. The van der Waals surface area contributed by atoms with Gasteiger partial charge in [-0.05, 0) is 83.5 Å². The van der Waals surface area contributed by atoms with Crippen molar-refractivity contribution in [3.05, 3.63) is 85.1 Å². The number of allylic oxidation sites excluding steroid dienone is 14. The zero-order valence-corrected chi connectivity index (χ0v) is 46.5. The van der Waals surface area contributed by atoms with Crippen molar-refractivity contribution in [3.63, 3.8) is 0 Å². The van der Waals surface area contributed by atoms with Crippen molar-refractivity contribution in [1.29, 1.82) is 0 Å². The molecule has 0 saturated heterocycles. The number of ether oxygens (including phenoxy) is 3. The Kier molecular flexibility index (Phi) is 57.9. The van der Waals surface area contributed by atoms with E-state index in [0.717, 1.165) is 64.2 Å². The van der Waals surface area contributed by atoms with Crippen molar-refractivity contribution < 1.29 is 23.8 Å². The van der Waals surface area contributed by atoms with Crippen molar-refractivity contribution in [2.45, 2.75) is 297 Å². The van der Waals surface area contributed by atoms with Crippen LogP contribution in [0.4, 0.5) is 0 Å². The molecule has 0 aromatic carbocycles. The first-order valence-electron chi connectivity index (χ1n) is 30.1. The van der Waals surface area contributed by atoms with E-state index in [1.807, 2.05) is 6.08 Å². The van der Waals surface area contributed by atoms with Crippen LogP contribution in [-0.4, -0.2) is 37.9 Å². The fourth-order valence-electron chi connectivity index (χ4n) is 8.47. The van der Waals surface area contributed by atoms with Gasteiger partial charge in [-0.2, -0.15) is 0 Å². The highest BCUT2D eigenvalue weighted by atomic mass is 16.6. The molecule has 404 valence electrons. The van der Waals surface area contributed by atoms with Gasteiger partial charge in [0.15, 0.2) is 6.10 Å². The minimum atomic E-state index is -0.580. The molecule has 0 saturated carbocycles. The van der Waals surface area contributed by atoms with Crippen LogP contribution in [0.1, 0.15) is 290 Å². The molecule has 0 spiro atoms. The lowest BCUT2D eigenvalue weighted by Crippen LogP contribution is -2.30. The zero-order chi connectivity index (χ0) is 50.6. The lowest BCUT2D eigenvalue weighted by atomic mass is 10.0. The summed E-state index contributed by atoms with van der Waals surface area (Å²) in [6.07, 6.45) is 80.5. The number of esters is 2. The monoisotopic (exact) mass is 975 g/mol. The largest absolute Gasteiger partial charge is 0.462 e. The van der Waals surface area contributed by atoms with E-state index in [9.17, 15) is 9.59 Å². The molecule has 0 unspecified atom stereocenters. The van der Waals surface area contributed by atoms with Gasteiger partial charge in [0.1, 0.15) is 6.61 Å². The molecule has 0 aromatic heterocycles. The third-order valence-corrected chi connectivity index (χ3v) is 12.9. The summed E-state index contributed by atoms with van der Waals surface area (Å²) in [6.45, 7) is 7.67. The van der Waals surface area contributed by atoms with E-state index in [4.69, 9.17) is 14.2 Å². The Balaban J connectivity index is 4.37. The molecule has 1 atom stereocenters. The van der Waals surface area contributed by atoms with E-state index in [0.29, 0.717) is 25.9 Å². The van der Waals surface area contributed by atoms with Crippen molar-refractivity contribution in [2.24, 2.45) is 0 Å². The molecule has 0 radical (unpaired) electrons. The molecular formula is C65H114O5. The normalized spacial score (nSPS) is 12.8. The third-order valence-electron chi connectivity index (χ3n) is 12.9. The van der Waals surface area contributed by atoms with Gasteiger partial charge in [0.25, 0.3) is 0 Å². The lowest BCUT2D eigenvalue weighted by Gasteiger charge is -2.18. The van der Waals surface area contributed by atoms with Crippen molar-refractivity contribution in [2.75, 3.05) is 19.8 Å². The van der Waals surface area contributed by atoms with E-state index in [-0.39, 0.29) is 25.2 Å². The predicted octanol–water partition coefficient (Wildman–Crippen LogP) is 20.8. The topological polar surface area (TPSA) is 61.8 Å². The average Bonchev–Trinajstić information content (AvgIpc) is 3.36. The number of carbonyl (C=O) groups excluding carboxylic acids is 2. The van der Waals surface area contributed by atoms with Crippen LogP contribution in [0.5, 0.6) is 0 Å². The summed E-state index contributed by atoms with van der Waals surface area (Å²) in [4.78, 5) is 25.5. The minimum Gasteiger partial charge on any atom is -0.462 e. The van der Waals surface area contributed by atoms with Crippen LogP contribution in [0.15, 0.2) is 85.1 Å². The molecule has 0 bridgehead atoms. The van der Waals surface area contributed by atoms with Crippen molar-refractivity contribution >= 4 is 11.9 Å². The first kappa shape index (κ1) is 67.1. The quantitative estimate of drug-likeness (QED) is 0.0345. The second-order valence-electron chi connectivity index (χ2n) is 19.9. The smallest absolute Gasteiger partial charge is 0.306 e. The molecule has 0 N–H and O–H groups in total. The standard InChI is InChI=1S/C65H114O5/c1-4-7-10-13-16-19-22-25-28-31-33-35-37-40-43-46-49-52-55-58-64(66)69-62-63(61-68-60-57-54-51-48-45-42-39-30-27-24-21-18-15-12-9-6-3)70-65(67)59-56-53-50-47-44-41-38-36-34-32-29-26-23-20-17-14-11-8-5-2/h8,11,17,20,25-26,28-29,34,36,41,44,50,53,63H,4-7,9-10,12-16,18-19,21-24,27,30-33,35,37-40,42-43,45-49,51-52,54-62H2,1-3H3/b11-8-,20-17-,28-25-,29-26-,36-34-,44-41-,53-50-/t63-/m1/s1. The number of unbranched alkanes of at least 4 members (excludes halogenated alkanes) is 30. The number of carbonyl (C=O) groups is 2. The van der Waals surface area contributed by atoms with Gasteiger partial charge in [0.05, 0.1) is 6.61 Å². The molecule has 0 aliphatic rings. The Labute approximate surface area is 435 Å². The SMILES string of the molecule is CC/C=C\C/C=C\C/C=C\C/C=C\C/C=C\C/C=C\CCC(=O)O[C@H](COCCCCCCCCCCCCCCCCCC)COC(=O)CCCCCCCCCCC/C=C\CCCCCCCC. The molecule has 0 rings (SSSR count). The van der Waals surface area contributed by atoms with Gasteiger partial charge in [0, 0.05) is 19.4 Å². The second kappa shape index (κ2) is 60.4. The van der Waals surface area contributed by atoms with Gasteiger partial charge in [0.2, 0.25) is 0 Å². The van der Waals surface area contributed by atoms with Crippen LogP contribution in [0.3, 0.4) is 0 Å². The van der Waals surface area contributed by atoms with Gasteiger partial charge in [-0.3, -0.25) is 9.59 Å². The van der Waals surface area contributed by atoms with E-state index in [1.165, 1.54) is 186 Å². The molecule has 0 amide bonds. The van der Waals surface area contributed by atoms with E-state index in [2.05, 4.69) is 99.8 Å². The van der Waals surface area contributed by atoms with E-state index in [1.54, 1.807) is 0 Å². The Morgan fingerprint density at radius 1 is 0.329 bits per heavy atom. The van der Waals surface area contributed by atoms with Crippen LogP contribution in [-0.2, 0) is 23.8 Å². The number of hydrogen-bond acceptors (Lipinski definition) is 5. The van der Waals surface area contributed by atoms with Crippen LogP contribution < -0.4 is 0 Å². The first-order valence-corrected chi connectivity index (χ1v) is 30.1. The van der Waals surface area contributed by atoms with E-state index < -0.39 is 6.10 Å². The highest BCUT2D eigenvalue weighted by Gasteiger charge is 2.17. The molecule has 0 heterocycles. The molecule has 0 fully saturated rings. The molecular weight excluding hydrogens is 861 g/mol. The van der Waals surface area contributed by atoms with Crippen LogP contribution in [0.2, 0.25) is 0 Å².